The van der Waals surface area contributed by atoms with Crippen LogP contribution in [0.15, 0.2) is 70.2 Å². The van der Waals surface area contributed by atoms with E-state index in [4.69, 9.17) is 0 Å². The molecular weight excluding hydrogens is 412 g/mol. The monoisotopic (exact) mass is 426 g/mol. The van der Waals surface area contributed by atoms with E-state index < -0.39 is 4.92 Å². The third kappa shape index (κ3) is 4.68. The maximum Gasteiger partial charge on any atom is 0.284 e. The fraction of sp³-hybridized carbons (Fsp3) is 0.0526. The second-order valence-electron chi connectivity index (χ2n) is 5.64. The van der Waals surface area contributed by atoms with Gasteiger partial charge in [-0.1, -0.05) is 42.5 Å². The summed E-state index contributed by atoms with van der Waals surface area (Å²) in [5.41, 5.74) is 3.70. The summed E-state index contributed by atoms with van der Waals surface area (Å²) in [5, 5.41) is 20.0. The van der Waals surface area contributed by atoms with E-state index in [1.807, 2.05) is 42.5 Å². The van der Waals surface area contributed by atoms with E-state index in [2.05, 4.69) is 31.8 Å². The molecule has 3 aromatic carbocycles. The first-order valence-electron chi connectivity index (χ1n) is 8.02. The first-order valence-corrected chi connectivity index (χ1v) is 8.81. The minimum atomic E-state index is -0.492. The number of hydrogen-bond acceptors (Lipinski definition) is 5. The Morgan fingerprint density at radius 2 is 1.93 bits per heavy atom. The number of nitro benzene ring substituents is 1. The standard InChI is InChI=1S/C19H15BrN4O3/c20-16-9-8-13(10-18(16)24(26)27)11-22-23-19(25)12-21-17-7-3-5-14-4-1-2-6-15(14)17/h1-11,21H,12H2,(H,23,25)/b22-11+. The number of carbonyl (C=O) groups is 1. The molecule has 0 heterocycles. The van der Waals surface area contributed by atoms with Gasteiger partial charge in [-0.15, -0.1) is 0 Å². The summed E-state index contributed by atoms with van der Waals surface area (Å²) in [4.78, 5) is 22.4. The lowest BCUT2D eigenvalue weighted by molar-refractivity contribution is -0.385. The fourth-order valence-electron chi connectivity index (χ4n) is 2.52. The molecular formula is C19H15BrN4O3. The summed E-state index contributed by atoms with van der Waals surface area (Å²) in [5.74, 6) is -0.328. The Labute approximate surface area is 163 Å². The normalized spacial score (nSPS) is 10.9. The van der Waals surface area contributed by atoms with Gasteiger partial charge in [-0.3, -0.25) is 14.9 Å². The van der Waals surface area contributed by atoms with Crippen LogP contribution in [0.2, 0.25) is 0 Å². The molecule has 0 unspecified atom stereocenters. The summed E-state index contributed by atoms with van der Waals surface area (Å²) < 4.78 is 0.382. The Balaban J connectivity index is 1.59. The molecule has 8 heteroatoms. The van der Waals surface area contributed by atoms with Gasteiger partial charge in [-0.05, 0) is 33.4 Å². The number of hydrazone groups is 1. The van der Waals surface area contributed by atoms with Crippen molar-refractivity contribution >= 4 is 50.2 Å². The molecule has 27 heavy (non-hydrogen) atoms. The maximum atomic E-state index is 12.0. The molecule has 3 aromatic rings. The van der Waals surface area contributed by atoms with E-state index in [1.54, 1.807) is 12.1 Å². The number of nitro groups is 1. The Hall–Kier alpha value is -3.26. The van der Waals surface area contributed by atoms with Gasteiger partial charge in [0.05, 0.1) is 22.2 Å². The SMILES string of the molecule is O=C(CNc1cccc2ccccc12)N/N=C/c1ccc(Br)c([N+](=O)[O-])c1. The number of amides is 1. The van der Waals surface area contributed by atoms with Gasteiger partial charge >= 0.3 is 0 Å². The molecule has 0 aliphatic rings. The maximum absolute atomic E-state index is 12.0. The predicted molar refractivity (Wildman–Crippen MR) is 109 cm³/mol. The van der Waals surface area contributed by atoms with Crippen molar-refractivity contribution in [2.45, 2.75) is 0 Å². The minimum absolute atomic E-state index is 0.0475. The third-order valence-corrected chi connectivity index (χ3v) is 4.47. The van der Waals surface area contributed by atoms with Gasteiger partial charge in [0.25, 0.3) is 11.6 Å². The fourth-order valence-corrected chi connectivity index (χ4v) is 2.91. The van der Waals surface area contributed by atoms with E-state index in [9.17, 15) is 14.9 Å². The summed E-state index contributed by atoms with van der Waals surface area (Å²) in [6.45, 7) is 0.0475. The van der Waals surface area contributed by atoms with Crippen molar-refractivity contribution in [2.24, 2.45) is 5.10 Å². The molecule has 0 radical (unpaired) electrons. The van der Waals surface area contributed by atoms with Crippen molar-refractivity contribution in [1.82, 2.24) is 5.43 Å². The molecule has 136 valence electrons. The average molecular weight is 427 g/mol. The Kier molecular flexibility index (Phi) is 5.77. The molecule has 0 atom stereocenters. The van der Waals surface area contributed by atoms with Crippen LogP contribution in [0.25, 0.3) is 10.8 Å². The van der Waals surface area contributed by atoms with Gasteiger partial charge < -0.3 is 5.32 Å². The Morgan fingerprint density at radius 1 is 1.15 bits per heavy atom. The second-order valence-corrected chi connectivity index (χ2v) is 6.50. The highest BCUT2D eigenvalue weighted by atomic mass is 79.9. The van der Waals surface area contributed by atoms with Crippen molar-refractivity contribution in [3.8, 4) is 0 Å². The highest BCUT2D eigenvalue weighted by Crippen LogP contribution is 2.25. The van der Waals surface area contributed by atoms with Crippen molar-refractivity contribution in [1.29, 1.82) is 0 Å². The number of benzene rings is 3. The summed E-state index contributed by atoms with van der Waals surface area (Å²) in [7, 11) is 0. The number of halogens is 1. The quantitative estimate of drug-likeness (QED) is 0.352. The van der Waals surface area contributed by atoms with E-state index in [0.29, 0.717) is 10.0 Å². The summed E-state index contributed by atoms with van der Waals surface area (Å²) in [6, 6.07) is 18.3. The molecule has 0 bridgehead atoms. The number of nitrogens with zero attached hydrogens (tertiary/aromatic N) is 2. The lowest BCUT2D eigenvalue weighted by Crippen LogP contribution is -2.25. The van der Waals surface area contributed by atoms with Crippen LogP contribution in [0.3, 0.4) is 0 Å². The average Bonchev–Trinajstić information content (AvgIpc) is 2.67. The molecule has 7 nitrogen and oxygen atoms in total. The van der Waals surface area contributed by atoms with Crippen LogP contribution in [-0.2, 0) is 4.79 Å². The van der Waals surface area contributed by atoms with Crippen LogP contribution in [0.4, 0.5) is 11.4 Å². The topological polar surface area (TPSA) is 96.6 Å². The third-order valence-electron chi connectivity index (χ3n) is 3.80. The van der Waals surface area contributed by atoms with Gasteiger partial charge in [0.1, 0.15) is 0 Å². The predicted octanol–water partition coefficient (Wildman–Crippen LogP) is 4.07. The molecule has 0 aliphatic carbocycles. The molecule has 2 N–H and O–H groups in total. The van der Waals surface area contributed by atoms with Gasteiger partial charge in [-0.25, -0.2) is 5.43 Å². The molecule has 1 amide bonds. The molecule has 0 aliphatic heterocycles. The number of anilines is 1. The first kappa shape index (κ1) is 18.5. The number of rotatable bonds is 6. The van der Waals surface area contributed by atoms with Crippen LogP contribution in [0.1, 0.15) is 5.56 Å². The first-order chi connectivity index (χ1) is 13.0. The number of nitrogens with one attached hydrogen (secondary N) is 2. The minimum Gasteiger partial charge on any atom is -0.376 e. The zero-order valence-corrected chi connectivity index (χ0v) is 15.6. The van der Waals surface area contributed by atoms with Crippen LogP contribution >= 0.6 is 15.9 Å². The Morgan fingerprint density at radius 3 is 2.74 bits per heavy atom. The van der Waals surface area contributed by atoms with Gasteiger partial charge in [0.15, 0.2) is 0 Å². The van der Waals surface area contributed by atoms with Gasteiger partial charge in [-0.2, -0.15) is 5.10 Å². The zero-order valence-electron chi connectivity index (χ0n) is 14.1. The molecule has 0 spiro atoms. The molecule has 0 saturated heterocycles. The van der Waals surface area contributed by atoms with Gasteiger partial charge in [0, 0.05) is 22.7 Å². The summed E-state index contributed by atoms with van der Waals surface area (Å²) in [6.07, 6.45) is 1.36. The van der Waals surface area contributed by atoms with Crippen LogP contribution < -0.4 is 10.7 Å². The summed E-state index contributed by atoms with van der Waals surface area (Å²) >= 11 is 3.12. The smallest absolute Gasteiger partial charge is 0.284 e. The number of carbonyl (C=O) groups excluding carboxylic acids is 1. The van der Waals surface area contributed by atoms with Crippen molar-refractivity contribution < 1.29 is 9.72 Å². The molecule has 0 aromatic heterocycles. The lowest BCUT2D eigenvalue weighted by atomic mass is 10.1. The van der Waals surface area contributed by atoms with Gasteiger partial charge in [0.2, 0.25) is 0 Å². The lowest BCUT2D eigenvalue weighted by Gasteiger charge is -2.08. The van der Waals surface area contributed by atoms with E-state index in [1.165, 1.54) is 12.3 Å². The molecule has 3 rings (SSSR count). The van der Waals surface area contributed by atoms with E-state index >= 15 is 0 Å². The van der Waals surface area contributed by atoms with Crippen LogP contribution in [-0.4, -0.2) is 23.6 Å². The van der Waals surface area contributed by atoms with Crippen LogP contribution in [0, 0.1) is 10.1 Å². The number of fused-ring (bicyclic) bond motifs is 1. The zero-order chi connectivity index (χ0) is 19.2. The van der Waals surface area contributed by atoms with Crippen molar-refractivity contribution in [3.63, 3.8) is 0 Å². The molecule has 0 fully saturated rings. The largest absolute Gasteiger partial charge is 0.376 e. The van der Waals surface area contributed by atoms with Crippen molar-refractivity contribution in [2.75, 3.05) is 11.9 Å². The molecule has 0 saturated carbocycles. The Bertz CT molecular complexity index is 1030. The highest BCUT2D eigenvalue weighted by molar-refractivity contribution is 9.10. The number of hydrogen-bond donors (Lipinski definition) is 2. The van der Waals surface area contributed by atoms with E-state index in [-0.39, 0.29) is 18.1 Å². The van der Waals surface area contributed by atoms with Crippen LogP contribution in [0.5, 0.6) is 0 Å². The van der Waals surface area contributed by atoms with Crippen molar-refractivity contribution in [3.05, 3.63) is 80.8 Å². The highest BCUT2D eigenvalue weighted by Gasteiger charge is 2.11. The second kappa shape index (κ2) is 8.41. The van der Waals surface area contributed by atoms with E-state index in [0.717, 1.165) is 16.5 Å².